The molecule has 1 aromatic carbocycles. The van der Waals surface area contributed by atoms with Crippen LogP contribution in [0, 0.1) is 0 Å². The largest absolute Gasteiger partial charge is 0.543 e. The number of methoxy groups -OCH3 is 1. The fraction of sp³-hybridized carbons (Fsp3) is 0.632. The minimum atomic E-state index is -2.02. The second kappa shape index (κ2) is 7.62. The second-order valence-electron chi connectivity index (χ2n) is 8.76. The predicted octanol–water partition coefficient (Wildman–Crippen LogP) is 5.35. The van der Waals surface area contributed by atoms with Crippen LogP contribution in [0.2, 0.25) is 18.1 Å². The van der Waals surface area contributed by atoms with E-state index in [1.807, 2.05) is 45.9 Å². The highest BCUT2D eigenvalue weighted by molar-refractivity contribution is 7.85. The van der Waals surface area contributed by atoms with Gasteiger partial charge in [-0.15, -0.1) is 0 Å². The summed E-state index contributed by atoms with van der Waals surface area (Å²) in [4.78, 5) is 0. The van der Waals surface area contributed by atoms with Gasteiger partial charge in [0.2, 0.25) is 0 Å². The van der Waals surface area contributed by atoms with E-state index in [0.29, 0.717) is 5.71 Å². The molecule has 1 rings (SSSR count). The van der Waals surface area contributed by atoms with Crippen molar-refractivity contribution in [2.24, 2.45) is 4.40 Å². The Bertz CT molecular complexity index is 670. The predicted molar refractivity (Wildman–Crippen MR) is 111 cm³/mol. The Balaban J connectivity index is 3.38. The molecule has 0 fully saturated rings. The van der Waals surface area contributed by atoms with Crippen molar-refractivity contribution in [3.63, 3.8) is 0 Å². The minimum absolute atomic E-state index is 0.0760. The Morgan fingerprint density at radius 1 is 1.12 bits per heavy atom. The van der Waals surface area contributed by atoms with Gasteiger partial charge < -0.3 is 9.16 Å². The Morgan fingerprint density at radius 2 is 1.68 bits per heavy atom. The fourth-order valence-corrected chi connectivity index (χ4v) is 3.40. The van der Waals surface area contributed by atoms with Gasteiger partial charge in [0.1, 0.15) is 22.5 Å². The van der Waals surface area contributed by atoms with Crippen LogP contribution in [0.1, 0.15) is 54.0 Å². The van der Waals surface area contributed by atoms with Gasteiger partial charge in [0.05, 0.1) is 17.6 Å². The normalized spacial score (nSPS) is 15.0. The molecule has 0 amide bonds. The molecule has 0 aliphatic heterocycles. The van der Waals surface area contributed by atoms with Crippen molar-refractivity contribution in [1.29, 1.82) is 0 Å². The first kappa shape index (κ1) is 21.9. The van der Waals surface area contributed by atoms with Crippen molar-refractivity contribution in [2.75, 3.05) is 7.11 Å². The molecule has 0 aromatic heterocycles. The third-order valence-electron chi connectivity index (χ3n) is 4.49. The zero-order chi connectivity index (χ0) is 19.6. The van der Waals surface area contributed by atoms with Crippen molar-refractivity contribution in [3.8, 4) is 11.5 Å². The lowest BCUT2D eigenvalue weighted by Gasteiger charge is -2.37. The van der Waals surface area contributed by atoms with E-state index < -0.39 is 24.1 Å². The molecule has 1 atom stereocenters. The van der Waals surface area contributed by atoms with E-state index in [1.54, 1.807) is 7.11 Å². The van der Waals surface area contributed by atoms with Gasteiger partial charge in [-0.1, -0.05) is 20.8 Å². The smallest absolute Gasteiger partial charge is 0.250 e. The van der Waals surface area contributed by atoms with E-state index in [4.69, 9.17) is 9.16 Å². The van der Waals surface area contributed by atoms with Crippen LogP contribution in [-0.2, 0) is 11.0 Å². The Kier molecular flexibility index (Phi) is 6.67. The first-order valence-electron chi connectivity index (χ1n) is 8.54. The summed E-state index contributed by atoms with van der Waals surface area (Å²) in [5, 5.41) is 0.0760. The molecule has 0 aliphatic rings. The van der Waals surface area contributed by atoms with Crippen LogP contribution in [0.25, 0.3) is 0 Å². The maximum absolute atomic E-state index is 12.4. The van der Waals surface area contributed by atoms with E-state index in [1.165, 1.54) is 0 Å². The van der Waals surface area contributed by atoms with Crippen LogP contribution in [0.4, 0.5) is 0 Å². The monoisotopic (exact) mass is 383 g/mol. The minimum Gasteiger partial charge on any atom is -0.543 e. The molecule has 0 spiro atoms. The SMILES string of the molecule is COc1ccc(/C(C)=N/[S@@](=O)C(C)(C)C)c(O[Si](C)(C)C(C)(C)C)c1. The Labute approximate surface area is 156 Å². The Morgan fingerprint density at radius 3 is 2.12 bits per heavy atom. The van der Waals surface area contributed by atoms with E-state index in [2.05, 4.69) is 38.3 Å². The van der Waals surface area contributed by atoms with Gasteiger partial charge >= 0.3 is 0 Å². The van der Waals surface area contributed by atoms with E-state index in [9.17, 15) is 4.21 Å². The quantitative estimate of drug-likeness (QED) is 0.508. The third kappa shape index (κ3) is 5.68. The number of hydrogen-bond donors (Lipinski definition) is 0. The number of rotatable bonds is 5. The van der Waals surface area contributed by atoms with Gasteiger partial charge in [-0.25, -0.2) is 4.21 Å². The van der Waals surface area contributed by atoms with Crippen molar-refractivity contribution in [1.82, 2.24) is 0 Å². The maximum atomic E-state index is 12.4. The topological polar surface area (TPSA) is 47.9 Å². The summed E-state index contributed by atoms with van der Waals surface area (Å²) in [5.74, 6) is 1.49. The molecule has 1 aromatic rings. The van der Waals surface area contributed by atoms with Crippen LogP contribution >= 0.6 is 0 Å². The second-order valence-corrected chi connectivity index (χ2v) is 15.4. The highest BCUT2D eigenvalue weighted by Crippen LogP contribution is 2.39. The highest BCUT2D eigenvalue weighted by Gasteiger charge is 2.39. The Hall–Kier alpha value is -1.14. The molecule has 0 radical (unpaired) electrons. The molecule has 0 aliphatic carbocycles. The molecule has 0 N–H and O–H groups in total. The molecule has 4 nitrogen and oxygen atoms in total. The zero-order valence-electron chi connectivity index (χ0n) is 17.3. The van der Waals surface area contributed by atoms with Crippen molar-refractivity contribution in [2.45, 2.75) is 71.3 Å². The average Bonchev–Trinajstić information content (AvgIpc) is 2.44. The number of ether oxygens (including phenoxy) is 1. The lowest BCUT2D eigenvalue weighted by Crippen LogP contribution is -2.44. The summed E-state index contributed by atoms with van der Waals surface area (Å²) in [6, 6.07) is 5.71. The highest BCUT2D eigenvalue weighted by atomic mass is 32.2. The van der Waals surface area contributed by atoms with E-state index in [-0.39, 0.29) is 5.04 Å². The average molecular weight is 384 g/mol. The lowest BCUT2D eigenvalue weighted by atomic mass is 10.1. The summed E-state index contributed by atoms with van der Waals surface area (Å²) in [6.45, 7) is 18.6. The van der Waals surface area contributed by atoms with Gasteiger partial charge in [0.25, 0.3) is 8.32 Å². The zero-order valence-corrected chi connectivity index (χ0v) is 19.1. The molecule has 0 saturated carbocycles. The molecular weight excluding hydrogens is 350 g/mol. The molecule has 0 heterocycles. The van der Waals surface area contributed by atoms with Gasteiger partial charge in [-0.05, 0) is 58.0 Å². The summed E-state index contributed by atoms with van der Waals surface area (Å²) in [7, 11) is -1.69. The van der Waals surface area contributed by atoms with Crippen LogP contribution in [0.15, 0.2) is 22.6 Å². The number of benzene rings is 1. The summed E-state index contributed by atoms with van der Waals surface area (Å²) < 4.78 is 28.3. The van der Waals surface area contributed by atoms with E-state index >= 15 is 0 Å². The lowest BCUT2D eigenvalue weighted by molar-refractivity contribution is 0.410. The van der Waals surface area contributed by atoms with Gasteiger partial charge in [0.15, 0.2) is 0 Å². The van der Waals surface area contributed by atoms with Crippen LogP contribution in [-0.4, -0.2) is 30.1 Å². The van der Waals surface area contributed by atoms with Crippen LogP contribution in [0.5, 0.6) is 11.5 Å². The first-order valence-corrected chi connectivity index (χ1v) is 12.6. The molecule has 0 unspecified atom stereocenters. The molecule has 6 heteroatoms. The van der Waals surface area contributed by atoms with E-state index in [0.717, 1.165) is 17.1 Å². The first-order chi connectivity index (χ1) is 11.2. The van der Waals surface area contributed by atoms with Gasteiger partial charge in [-0.3, -0.25) is 0 Å². The molecule has 0 bridgehead atoms. The molecule has 25 heavy (non-hydrogen) atoms. The molecule has 0 saturated heterocycles. The summed E-state index contributed by atoms with van der Waals surface area (Å²) in [6.07, 6.45) is 0. The van der Waals surface area contributed by atoms with Crippen LogP contribution < -0.4 is 9.16 Å². The third-order valence-corrected chi connectivity index (χ3v) is 10.3. The van der Waals surface area contributed by atoms with Gasteiger partial charge in [-0.2, -0.15) is 4.40 Å². The van der Waals surface area contributed by atoms with Gasteiger partial charge in [0, 0.05) is 11.6 Å². The number of hydrogen-bond acceptors (Lipinski definition) is 3. The summed E-state index contributed by atoms with van der Waals surface area (Å²) in [5.41, 5.74) is 1.58. The molecular formula is C19H33NO3SSi. The van der Waals surface area contributed by atoms with Crippen molar-refractivity contribution in [3.05, 3.63) is 23.8 Å². The molecule has 142 valence electrons. The van der Waals surface area contributed by atoms with Crippen molar-refractivity contribution < 1.29 is 13.4 Å². The van der Waals surface area contributed by atoms with Crippen molar-refractivity contribution >= 4 is 25.0 Å². The standard InChI is InChI=1S/C19H33NO3SSi/c1-14(20-24(21)18(2,3)4)16-12-11-15(22-8)13-17(16)23-25(9,10)19(5,6)7/h11-13H,1-10H3/b20-14+/t24-/m0/s1. The fourth-order valence-electron chi connectivity index (χ4n) is 1.75. The van der Waals surface area contributed by atoms with Crippen LogP contribution in [0.3, 0.4) is 0 Å². The summed E-state index contributed by atoms with van der Waals surface area (Å²) >= 11 is 0. The maximum Gasteiger partial charge on any atom is 0.250 e. The number of nitrogens with zero attached hydrogens (tertiary/aromatic N) is 1.